The van der Waals surface area contributed by atoms with Gasteiger partial charge < -0.3 is 14.5 Å². The van der Waals surface area contributed by atoms with Crippen molar-refractivity contribution in [1.29, 1.82) is 0 Å². The Kier molecular flexibility index (Phi) is 5.92. The van der Waals surface area contributed by atoms with E-state index in [0.717, 1.165) is 18.9 Å². The molecule has 6 heteroatoms. The van der Waals surface area contributed by atoms with E-state index in [9.17, 15) is 4.79 Å². The normalized spacial score (nSPS) is 16.1. The van der Waals surface area contributed by atoms with Crippen LogP contribution < -0.4 is 4.90 Å². The van der Waals surface area contributed by atoms with Gasteiger partial charge in [0.05, 0.1) is 0 Å². The number of carbonyl (C=O) groups is 1. The molecule has 2 rings (SSSR count). The Bertz CT molecular complexity index is 612. The molecular weight excluding hydrogens is 334 g/mol. The number of aromatic nitrogens is 1. The molecule has 0 atom stereocenters. The van der Waals surface area contributed by atoms with E-state index in [2.05, 4.69) is 43.6 Å². The predicted molar refractivity (Wildman–Crippen MR) is 105 cm³/mol. The monoisotopic (exact) mass is 365 g/mol. The smallest absolute Gasteiger partial charge is 0.410 e. The Morgan fingerprint density at radius 2 is 1.72 bits per heavy atom. The van der Waals surface area contributed by atoms with Gasteiger partial charge in [-0.3, -0.25) is 0 Å². The summed E-state index contributed by atoms with van der Waals surface area (Å²) in [6, 6.07) is 2.21. The maximum absolute atomic E-state index is 12.2. The number of nitrogens with zero attached hydrogens (tertiary/aromatic N) is 3. The number of thioether (sulfide) groups is 1. The van der Waals surface area contributed by atoms with Crippen LogP contribution in [0.3, 0.4) is 0 Å². The summed E-state index contributed by atoms with van der Waals surface area (Å²) in [6.07, 6.45) is 1.73. The Labute approximate surface area is 156 Å². The van der Waals surface area contributed by atoms with Crippen LogP contribution in [0.5, 0.6) is 0 Å². The lowest BCUT2D eigenvalue weighted by Gasteiger charge is -2.36. The maximum Gasteiger partial charge on any atom is 0.410 e. The molecule has 0 unspecified atom stereocenters. The van der Waals surface area contributed by atoms with Crippen LogP contribution in [0.4, 0.5) is 10.6 Å². The molecule has 0 saturated carbocycles. The molecule has 1 aromatic heterocycles. The van der Waals surface area contributed by atoms with E-state index in [0.29, 0.717) is 13.1 Å². The zero-order valence-electron chi connectivity index (χ0n) is 16.5. The van der Waals surface area contributed by atoms with Gasteiger partial charge in [-0.15, -0.1) is 11.8 Å². The number of piperazine rings is 1. The molecule has 1 aliphatic heterocycles. The first kappa shape index (κ1) is 19.9. The van der Waals surface area contributed by atoms with Crippen LogP contribution in [0, 0.1) is 6.92 Å². The van der Waals surface area contributed by atoms with Crippen LogP contribution in [-0.4, -0.2) is 52.5 Å². The molecule has 1 saturated heterocycles. The van der Waals surface area contributed by atoms with Crippen LogP contribution >= 0.6 is 11.8 Å². The number of amides is 1. The van der Waals surface area contributed by atoms with Crippen molar-refractivity contribution in [1.82, 2.24) is 9.88 Å². The quantitative estimate of drug-likeness (QED) is 0.730. The molecular formula is C19H31N3O2S. The first-order valence-corrected chi connectivity index (χ1v) is 9.65. The number of aryl methyl sites for hydroxylation is 1. The predicted octanol–water partition coefficient (Wildman–Crippen LogP) is 4.34. The summed E-state index contributed by atoms with van der Waals surface area (Å²) in [5.41, 5.74) is 0.729. The van der Waals surface area contributed by atoms with Crippen LogP contribution in [0.15, 0.2) is 17.2 Å². The van der Waals surface area contributed by atoms with E-state index in [4.69, 9.17) is 4.74 Å². The van der Waals surface area contributed by atoms with Gasteiger partial charge in [0.2, 0.25) is 0 Å². The molecule has 0 N–H and O–H groups in total. The first-order chi connectivity index (χ1) is 11.4. The molecule has 0 radical (unpaired) electrons. The molecule has 2 heterocycles. The molecule has 1 fully saturated rings. The molecule has 5 nitrogen and oxygen atoms in total. The van der Waals surface area contributed by atoms with E-state index < -0.39 is 5.60 Å². The third-order valence-electron chi connectivity index (χ3n) is 3.68. The molecule has 0 bridgehead atoms. The summed E-state index contributed by atoms with van der Waals surface area (Å²) in [6.45, 7) is 17.3. The van der Waals surface area contributed by atoms with Crippen LogP contribution in [0.2, 0.25) is 0 Å². The SMILES string of the molecule is Cc1cc(SC(C)(C)C)cnc1N1CCN(C(=O)OC(C)(C)C)CC1. The van der Waals surface area contributed by atoms with E-state index in [1.54, 1.807) is 4.90 Å². The lowest BCUT2D eigenvalue weighted by atomic mass is 10.2. The lowest BCUT2D eigenvalue weighted by molar-refractivity contribution is 0.0240. The average molecular weight is 366 g/mol. The zero-order chi connectivity index (χ0) is 18.8. The number of pyridine rings is 1. The molecule has 0 aliphatic carbocycles. The molecule has 1 amide bonds. The van der Waals surface area contributed by atoms with E-state index >= 15 is 0 Å². The third-order valence-corrected chi connectivity index (χ3v) is 4.75. The summed E-state index contributed by atoms with van der Waals surface area (Å²) in [7, 11) is 0. The van der Waals surface area contributed by atoms with E-state index in [-0.39, 0.29) is 10.8 Å². The summed E-state index contributed by atoms with van der Waals surface area (Å²) >= 11 is 1.83. The number of ether oxygens (including phenoxy) is 1. The Hall–Kier alpha value is -1.43. The second-order valence-corrected chi connectivity index (χ2v) is 10.4. The van der Waals surface area contributed by atoms with Crippen molar-refractivity contribution in [2.24, 2.45) is 0 Å². The summed E-state index contributed by atoms with van der Waals surface area (Å²) in [5, 5.41) is 0. The van der Waals surface area contributed by atoms with Gasteiger partial charge in [-0.2, -0.15) is 0 Å². The highest BCUT2D eigenvalue weighted by molar-refractivity contribution is 8.00. The van der Waals surface area contributed by atoms with Gasteiger partial charge in [-0.25, -0.2) is 9.78 Å². The number of carbonyl (C=O) groups excluding carboxylic acids is 1. The van der Waals surface area contributed by atoms with Crippen molar-refractivity contribution in [2.45, 2.75) is 63.7 Å². The maximum atomic E-state index is 12.2. The van der Waals surface area contributed by atoms with Gasteiger partial charge in [-0.05, 0) is 39.3 Å². The largest absolute Gasteiger partial charge is 0.444 e. The van der Waals surface area contributed by atoms with Crippen molar-refractivity contribution >= 4 is 23.7 Å². The number of hydrogen-bond donors (Lipinski definition) is 0. The van der Waals surface area contributed by atoms with Crippen LogP contribution in [0.1, 0.15) is 47.1 Å². The fraction of sp³-hybridized carbons (Fsp3) is 0.684. The van der Waals surface area contributed by atoms with Gasteiger partial charge in [0.15, 0.2) is 0 Å². The zero-order valence-corrected chi connectivity index (χ0v) is 17.4. The minimum absolute atomic E-state index is 0.175. The average Bonchev–Trinajstić information content (AvgIpc) is 2.44. The minimum Gasteiger partial charge on any atom is -0.444 e. The minimum atomic E-state index is -0.451. The van der Waals surface area contributed by atoms with E-state index in [1.807, 2.05) is 38.7 Å². The molecule has 140 valence electrons. The van der Waals surface area contributed by atoms with Gasteiger partial charge in [0.25, 0.3) is 0 Å². The van der Waals surface area contributed by atoms with Crippen molar-refractivity contribution in [3.8, 4) is 0 Å². The molecule has 1 aliphatic rings. The molecule has 0 aromatic carbocycles. The van der Waals surface area contributed by atoms with Gasteiger partial charge in [-0.1, -0.05) is 20.8 Å². The van der Waals surface area contributed by atoms with Gasteiger partial charge >= 0.3 is 6.09 Å². The summed E-state index contributed by atoms with van der Waals surface area (Å²) in [4.78, 5) is 22.1. The van der Waals surface area contributed by atoms with E-state index in [1.165, 1.54) is 10.5 Å². The van der Waals surface area contributed by atoms with Gasteiger partial charge in [0, 0.05) is 42.0 Å². The topological polar surface area (TPSA) is 45.7 Å². The summed E-state index contributed by atoms with van der Waals surface area (Å²) in [5.74, 6) is 1.02. The van der Waals surface area contributed by atoms with Crippen LogP contribution in [0.25, 0.3) is 0 Å². The first-order valence-electron chi connectivity index (χ1n) is 8.83. The number of anilines is 1. The second-order valence-electron chi connectivity index (χ2n) is 8.48. The summed E-state index contributed by atoms with van der Waals surface area (Å²) < 4.78 is 5.63. The lowest BCUT2D eigenvalue weighted by Crippen LogP contribution is -2.50. The Morgan fingerprint density at radius 3 is 2.20 bits per heavy atom. The molecule has 25 heavy (non-hydrogen) atoms. The molecule has 1 aromatic rings. The van der Waals surface area contributed by atoms with Gasteiger partial charge in [0.1, 0.15) is 11.4 Å². The van der Waals surface area contributed by atoms with Crippen molar-refractivity contribution in [3.05, 3.63) is 17.8 Å². The van der Waals surface area contributed by atoms with Crippen molar-refractivity contribution < 1.29 is 9.53 Å². The second kappa shape index (κ2) is 7.44. The fourth-order valence-electron chi connectivity index (χ4n) is 2.71. The molecule has 0 spiro atoms. The standard InChI is InChI=1S/C19H31N3O2S/c1-14-12-15(25-19(5,6)7)13-20-16(14)21-8-10-22(11-9-21)17(23)24-18(2,3)4/h12-13H,8-11H2,1-7H3. The third kappa shape index (κ3) is 6.10. The highest BCUT2D eigenvalue weighted by Crippen LogP contribution is 2.33. The number of rotatable bonds is 2. The van der Waals surface area contributed by atoms with Crippen molar-refractivity contribution in [2.75, 3.05) is 31.1 Å². The van der Waals surface area contributed by atoms with Crippen LogP contribution in [-0.2, 0) is 4.74 Å². The fourth-order valence-corrected chi connectivity index (χ4v) is 3.76. The Balaban J connectivity index is 1.98. The highest BCUT2D eigenvalue weighted by Gasteiger charge is 2.27. The Morgan fingerprint density at radius 1 is 1.12 bits per heavy atom. The number of hydrogen-bond acceptors (Lipinski definition) is 5. The highest BCUT2D eigenvalue weighted by atomic mass is 32.2. The van der Waals surface area contributed by atoms with Crippen molar-refractivity contribution in [3.63, 3.8) is 0 Å².